The Morgan fingerprint density at radius 3 is 2.20 bits per heavy atom. The maximum absolute atomic E-state index is 12.4. The van der Waals surface area contributed by atoms with E-state index in [0.29, 0.717) is 12.1 Å². The zero-order chi connectivity index (χ0) is 21.6. The second-order valence-electron chi connectivity index (χ2n) is 7.72. The molecule has 0 radical (unpaired) electrons. The van der Waals surface area contributed by atoms with E-state index in [4.69, 9.17) is 0 Å². The van der Waals surface area contributed by atoms with E-state index in [0.717, 1.165) is 32.7 Å². The Bertz CT molecular complexity index is 923. The second-order valence-corrected chi connectivity index (χ2v) is 9.43. The van der Waals surface area contributed by atoms with Gasteiger partial charge in [0.1, 0.15) is 0 Å². The Morgan fingerprint density at radius 2 is 1.60 bits per heavy atom. The zero-order valence-electron chi connectivity index (χ0n) is 17.5. The van der Waals surface area contributed by atoms with Crippen LogP contribution in [0.3, 0.4) is 0 Å². The Kier molecular flexibility index (Phi) is 7.47. The lowest BCUT2D eigenvalue weighted by molar-refractivity contribution is 0.0947. The van der Waals surface area contributed by atoms with Gasteiger partial charge in [-0.25, -0.2) is 13.1 Å². The van der Waals surface area contributed by atoms with E-state index in [9.17, 15) is 13.2 Å². The number of carbonyl (C=O) groups is 1. The largest absolute Gasteiger partial charge is 0.369 e. The van der Waals surface area contributed by atoms with Crippen molar-refractivity contribution >= 4 is 21.6 Å². The van der Waals surface area contributed by atoms with Gasteiger partial charge in [-0.15, -0.1) is 0 Å². The zero-order valence-corrected chi connectivity index (χ0v) is 18.4. The second kappa shape index (κ2) is 10.1. The molecule has 0 aliphatic carbocycles. The molecule has 1 aliphatic heterocycles. The van der Waals surface area contributed by atoms with Gasteiger partial charge in [0.15, 0.2) is 0 Å². The van der Waals surface area contributed by atoms with Crippen molar-refractivity contribution in [2.24, 2.45) is 0 Å². The van der Waals surface area contributed by atoms with Crippen LogP contribution >= 0.6 is 0 Å². The van der Waals surface area contributed by atoms with Crippen molar-refractivity contribution in [1.29, 1.82) is 0 Å². The van der Waals surface area contributed by atoms with Crippen LogP contribution in [0, 0.1) is 0 Å². The van der Waals surface area contributed by atoms with Crippen LogP contribution in [0.2, 0.25) is 0 Å². The third-order valence-electron chi connectivity index (χ3n) is 5.02. The monoisotopic (exact) mass is 430 g/mol. The van der Waals surface area contributed by atoms with Crippen molar-refractivity contribution < 1.29 is 13.2 Å². The number of benzene rings is 2. The lowest BCUT2D eigenvalue weighted by Gasteiger charge is -2.36. The third-order valence-corrected chi connectivity index (χ3v) is 6.70. The number of piperazine rings is 1. The van der Waals surface area contributed by atoms with Crippen molar-refractivity contribution in [3.8, 4) is 0 Å². The van der Waals surface area contributed by atoms with Crippen LogP contribution in [0.4, 0.5) is 5.69 Å². The van der Waals surface area contributed by atoms with E-state index in [1.54, 1.807) is 26.0 Å². The molecule has 7 nitrogen and oxygen atoms in total. The highest BCUT2D eigenvalue weighted by molar-refractivity contribution is 7.89. The molecule has 0 spiro atoms. The van der Waals surface area contributed by atoms with Crippen LogP contribution in [-0.4, -0.2) is 64.5 Å². The van der Waals surface area contributed by atoms with Gasteiger partial charge < -0.3 is 10.2 Å². The van der Waals surface area contributed by atoms with Crippen LogP contribution in [0.15, 0.2) is 59.5 Å². The van der Waals surface area contributed by atoms with Crippen molar-refractivity contribution in [1.82, 2.24) is 14.9 Å². The minimum absolute atomic E-state index is 0.157. The Morgan fingerprint density at radius 1 is 0.967 bits per heavy atom. The van der Waals surface area contributed by atoms with Gasteiger partial charge in [0.05, 0.1) is 4.90 Å². The summed E-state index contributed by atoms with van der Waals surface area (Å²) in [5.74, 6) is -0.196. The number of para-hydroxylation sites is 1. The smallest absolute Gasteiger partial charge is 0.251 e. The fourth-order valence-electron chi connectivity index (χ4n) is 3.46. The summed E-state index contributed by atoms with van der Waals surface area (Å²) < 4.78 is 26.9. The number of nitrogens with one attached hydrogen (secondary N) is 2. The number of sulfonamides is 1. The minimum Gasteiger partial charge on any atom is -0.369 e. The first-order valence-corrected chi connectivity index (χ1v) is 11.8. The van der Waals surface area contributed by atoms with Crippen LogP contribution < -0.4 is 14.9 Å². The van der Waals surface area contributed by atoms with Crippen molar-refractivity contribution in [3.05, 3.63) is 60.2 Å². The average molecular weight is 431 g/mol. The fraction of sp³-hybridized carbons (Fsp3) is 0.409. The summed E-state index contributed by atoms with van der Waals surface area (Å²) >= 11 is 0. The first-order valence-electron chi connectivity index (χ1n) is 10.3. The molecule has 2 N–H and O–H groups in total. The quantitative estimate of drug-likeness (QED) is 0.669. The van der Waals surface area contributed by atoms with Crippen LogP contribution in [-0.2, 0) is 10.0 Å². The summed E-state index contributed by atoms with van der Waals surface area (Å²) in [5.41, 5.74) is 1.70. The van der Waals surface area contributed by atoms with Crippen molar-refractivity contribution in [2.75, 3.05) is 44.2 Å². The Labute approximate surface area is 179 Å². The van der Waals surface area contributed by atoms with Gasteiger partial charge in [-0.2, -0.15) is 0 Å². The van der Waals surface area contributed by atoms with Gasteiger partial charge in [0.25, 0.3) is 5.91 Å². The molecule has 2 aromatic carbocycles. The Hall–Kier alpha value is -2.42. The maximum atomic E-state index is 12.4. The van der Waals surface area contributed by atoms with Gasteiger partial charge in [-0.1, -0.05) is 18.2 Å². The number of hydrogen-bond donors (Lipinski definition) is 2. The summed E-state index contributed by atoms with van der Waals surface area (Å²) in [7, 11) is -3.55. The molecule has 8 heteroatoms. The molecule has 1 heterocycles. The van der Waals surface area contributed by atoms with Crippen LogP contribution in [0.5, 0.6) is 0 Å². The molecule has 162 valence electrons. The molecule has 30 heavy (non-hydrogen) atoms. The summed E-state index contributed by atoms with van der Waals surface area (Å²) in [4.78, 5) is 17.2. The summed E-state index contributed by atoms with van der Waals surface area (Å²) in [5, 5.41) is 2.92. The molecule has 1 aliphatic rings. The molecule has 1 saturated heterocycles. The molecule has 0 aromatic heterocycles. The predicted molar refractivity (Wildman–Crippen MR) is 119 cm³/mol. The van der Waals surface area contributed by atoms with Gasteiger partial charge in [-0.3, -0.25) is 9.69 Å². The first kappa shape index (κ1) is 22.3. The van der Waals surface area contributed by atoms with Crippen molar-refractivity contribution in [2.45, 2.75) is 24.8 Å². The highest BCUT2D eigenvalue weighted by Gasteiger charge is 2.18. The summed E-state index contributed by atoms with van der Waals surface area (Å²) in [6.45, 7) is 8.73. The van der Waals surface area contributed by atoms with E-state index in [1.165, 1.54) is 17.8 Å². The predicted octanol–water partition coefficient (Wildman–Crippen LogP) is 1.93. The molecule has 1 amide bonds. The number of hydrogen-bond acceptors (Lipinski definition) is 5. The highest BCUT2D eigenvalue weighted by atomic mass is 32.2. The molecule has 0 bridgehead atoms. The molecule has 0 unspecified atom stereocenters. The first-order chi connectivity index (χ1) is 14.3. The van der Waals surface area contributed by atoms with Crippen molar-refractivity contribution in [3.63, 3.8) is 0 Å². The Balaban J connectivity index is 1.43. The molecular formula is C22H30N4O3S. The normalized spacial score (nSPS) is 15.4. The number of rotatable bonds is 8. The minimum atomic E-state index is -3.55. The van der Waals surface area contributed by atoms with E-state index in [-0.39, 0.29) is 16.8 Å². The average Bonchev–Trinajstić information content (AvgIpc) is 2.74. The number of anilines is 1. The molecule has 0 saturated carbocycles. The number of carbonyl (C=O) groups excluding carboxylic acids is 1. The topological polar surface area (TPSA) is 81.7 Å². The molecule has 1 fully saturated rings. The summed E-state index contributed by atoms with van der Waals surface area (Å²) in [6, 6.07) is 16.2. The van der Waals surface area contributed by atoms with Gasteiger partial charge >= 0.3 is 0 Å². The standard InChI is InChI=1S/C22H30N4O3S/c1-18(2)24-30(28,29)21-10-8-19(9-11-21)22(27)23-12-13-25-14-16-26(17-15-25)20-6-4-3-5-7-20/h3-11,18,24H,12-17H2,1-2H3,(H,23,27). The number of nitrogens with zero attached hydrogens (tertiary/aromatic N) is 2. The van der Waals surface area contributed by atoms with Gasteiger partial charge in [0, 0.05) is 56.6 Å². The fourth-order valence-corrected chi connectivity index (χ4v) is 4.71. The third kappa shape index (κ3) is 6.04. The van der Waals surface area contributed by atoms with Gasteiger partial charge in [-0.05, 0) is 50.2 Å². The molecule has 2 aromatic rings. The van der Waals surface area contributed by atoms with E-state index >= 15 is 0 Å². The lowest BCUT2D eigenvalue weighted by atomic mass is 10.2. The highest BCUT2D eigenvalue weighted by Crippen LogP contribution is 2.15. The SMILES string of the molecule is CC(C)NS(=O)(=O)c1ccc(C(=O)NCCN2CCN(c3ccccc3)CC2)cc1. The molecule has 3 rings (SSSR count). The van der Waals surface area contributed by atoms with Crippen LogP contribution in [0.25, 0.3) is 0 Å². The number of amides is 1. The van der Waals surface area contributed by atoms with E-state index in [1.807, 2.05) is 6.07 Å². The van der Waals surface area contributed by atoms with Gasteiger partial charge in [0.2, 0.25) is 10.0 Å². The lowest BCUT2D eigenvalue weighted by Crippen LogP contribution is -2.48. The van der Waals surface area contributed by atoms with E-state index in [2.05, 4.69) is 44.1 Å². The van der Waals surface area contributed by atoms with Crippen LogP contribution in [0.1, 0.15) is 24.2 Å². The summed E-state index contributed by atoms with van der Waals surface area (Å²) in [6.07, 6.45) is 0. The maximum Gasteiger partial charge on any atom is 0.251 e. The molecular weight excluding hydrogens is 400 g/mol. The van der Waals surface area contributed by atoms with E-state index < -0.39 is 10.0 Å². The molecule has 0 atom stereocenters.